The predicted molar refractivity (Wildman–Crippen MR) is 110 cm³/mol. The molecule has 1 atom stereocenters. The molecule has 3 aromatic rings. The second kappa shape index (κ2) is 9.65. The third kappa shape index (κ3) is 5.41. The van der Waals surface area contributed by atoms with Gasteiger partial charge >= 0.3 is 6.61 Å². The molecule has 154 valence electrons. The van der Waals surface area contributed by atoms with Crippen molar-refractivity contribution >= 4 is 17.5 Å². The lowest BCUT2D eigenvalue weighted by atomic mass is 10.1. The molecule has 5 nitrogen and oxygen atoms in total. The van der Waals surface area contributed by atoms with E-state index >= 15 is 0 Å². The van der Waals surface area contributed by atoms with Gasteiger partial charge in [-0.15, -0.1) is 0 Å². The fourth-order valence-corrected chi connectivity index (χ4v) is 2.90. The van der Waals surface area contributed by atoms with E-state index in [1.165, 1.54) is 24.3 Å². The van der Waals surface area contributed by atoms with Crippen LogP contribution in [-0.2, 0) is 0 Å². The third-order valence-corrected chi connectivity index (χ3v) is 4.39. The fourth-order valence-electron chi connectivity index (χ4n) is 2.90. The second-order valence-electron chi connectivity index (χ2n) is 6.51. The number of hydrogen-bond acceptors (Lipinski definition) is 3. The molecular formula is C23H20F2N2O3. The van der Waals surface area contributed by atoms with Crippen molar-refractivity contribution < 1.29 is 23.1 Å². The Labute approximate surface area is 172 Å². The van der Waals surface area contributed by atoms with Gasteiger partial charge in [0.25, 0.3) is 11.8 Å². The number of amides is 2. The van der Waals surface area contributed by atoms with E-state index in [1.807, 2.05) is 37.3 Å². The molecule has 0 aliphatic rings. The Morgan fingerprint density at radius 2 is 1.57 bits per heavy atom. The summed E-state index contributed by atoms with van der Waals surface area (Å²) in [5.41, 5.74) is 1.67. The van der Waals surface area contributed by atoms with Crippen molar-refractivity contribution in [1.29, 1.82) is 0 Å². The molecular weight excluding hydrogens is 390 g/mol. The van der Waals surface area contributed by atoms with Gasteiger partial charge in [0, 0.05) is 5.56 Å². The summed E-state index contributed by atoms with van der Waals surface area (Å²) in [4.78, 5) is 25.4. The molecule has 0 saturated carbocycles. The molecule has 0 aromatic heterocycles. The Hall–Kier alpha value is -3.74. The zero-order chi connectivity index (χ0) is 21.5. The number of rotatable bonds is 7. The van der Waals surface area contributed by atoms with Gasteiger partial charge in [-0.2, -0.15) is 8.78 Å². The highest BCUT2D eigenvalue weighted by molar-refractivity contribution is 6.09. The number of ether oxygens (including phenoxy) is 1. The summed E-state index contributed by atoms with van der Waals surface area (Å²) in [5, 5.41) is 5.56. The Morgan fingerprint density at radius 1 is 0.867 bits per heavy atom. The zero-order valence-electron chi connectivity index (χ0n) is 16.1. The molecule has 0 spiro atoms. The van der Waals surface area contributed by atoms with Crippen LogP contribution < -0.4 is 15.4 Å². The summed E-state index contributed by atoms with van der Waals surface area (Å²) in [6.45, 7) is -1.12. The van der Waals surface area contributed by atoms with Crippen molar-refractivity contribution in [1.82, 2.24) is 5.32 Å². The number of halogens is 2. The fraction of sp³-hybridized carbons (Fsp3) is 0.130. The van der Waals surface area contributed by atoms with E-state index in [9.17, 15) is 18.4 Å². The van der Waals surface area contributed by atoms with E-state index in [0.29, 0.717) is 5.69 Å². The standard InChI is InChI=1S/C23H20F2N2O3/c1-15(16-8-3-2-4-9-16)26-22(29)19-12-5-6-13-20(19)27-21(28)17-10-7-11-18(14-17)30-23(24)25/h2-15,23H,1H3,(H,26,29)(H,27,28). The van der Waals surface area contributed by atoms with E-state index < -0.39 is 12.5 Å². The van der Waals surface area contributed by atoms with Crippen LogP contribution in [0.15, 0.2) is 78.9 Å². The molecule has 2 N–H and O–H groups in total. The molecule has 3 aromatic carbocycles. The van der Waals surface area contributed by atoms with Crippen molar-refractivity contribution in [2.45, 2.75) is 19.6 Å². The van der Waals surface area contributed by atoms with Crippen molar-refractivity contribution in [2.24, 2.45) is 0 Å². The van der Waals surface area contributed by atoms with Crippen LogP contribution in [0.25, 0.3) is 0 Å². The van der Waals surface area contributed by atoms with Gasteiger partial charge in [-0.3, -0.25) is 9.59 Å². The molecule has 0 aliphatic carbocycles. The summed E-state index contributed by atoms with van der Waals surface area (Å²) in [6.07, 6.45) is 0. The Morgan fingerprint density at radius 3 is 2.30 bits per heavy atom. The monoisotopic (exact) mass is 410 g/mol. The highest BCUT2D eigenvalue weighted by Gasteiger charge is 2.17. The van der Waals surface area contributed by atoms with Gasteiger partial charge in [0.2, 0.25) is 0 Å². The van der Waals surface area contributed by atoms with E-state index in [2.05, 4.69) is 15.4 Å². The van der Waals surface area contributed by atoms with Crippen LogP contribution in [0.2, 0.25) is 0 Å². The molecule has 0 bridgehead atoms. The molecule has 3 rings (SSSR count). The molecule has 0 fully saturated rings. The number of hydrogen-bond donors (Lipinski definition) is 2. The summed E-state index contributed by atoms with van der Waals surface area (Å²) in [5.74, 6) is -1.02. The van der Waals surface area contributed by atoms with E-state index in [-0.39, 0.29) is 28.8 Å². The van der Waals surface area contributed by atoms with Crippen LogP contribution in [0.1, 0.15) is 39.2 Å². The number of carbonyl (C=O) groups excluding carboxylic acids is 2. The first-order valence-electron chi connectivity index (χ1n) is 9.25. The quantitative estimate of drug-likeness (QED) is 0.574. The van der Waals surface area contributed by atoms with Gasteiger partial charge in [-0.25, -0.2) is 0 Å². The first-order chi connectivity index (χ1) is 14.4. The minimum Gasteiger partial charge on any atom is -0.435 e. The first kappa shape index (κ1) is 21.0. The van der Waals surface area contributed by atoms with Crippen LogP contribution in [-0.4, -0.2) is 18.4 Å². The van der Waals surface area contributed by atoms with Crippen LogP contribution in [0, 0.1) is 0 Å². The average molecular weight is 410 g/mol. The lowest BCUT2D eigenvalue weighted by molar-refractivity contribution is -0.0498. The van der Waals surface area contributed by atoms with Crippen molar-refractivity contribution in [3.63, 3.8) is 0 Å². The van der Waals surface area contributed by atoms with Gasteiger partial charge in [-0.1, -0.05) is 48.5 Å². The maximum absolute atomic E-state index is 12.8. The molecule has 7 heteroatoms. The number of para-hydroxylation sites is 1. The highest BCUT2D eigenvalue weighted by Crippen LogP contribution is 2.21. The van der Waals surface area contributed by atoms with Crippen molar-refractivity contribution in [3.05, 3.63) is 95.6 Å². The first-order valence-corrected chi connectivity index (χ1v) is 9.25. The minimum absolute atomic E-state index is 0.125. The van der Waals surface area contributed by atoms with E-state index in [1.54, 1.807) is 24.3 Å². The maximum Gasteiger partial charge on any atom is 0.387 e. The van der Waals surface area contributed by atoms with Crippen LogP contribution in [0.5, 0.6) is 5.75 Å². The van der Waals surface area contributed by atoms with Crippen LogP contribution in [0.3, 0.4) is 0 Å². The zero-order valence-corrected chi connectivity index (χ0v) is 16.1. The number of nitrogens with one attached hydrogen (secondary N) is 2. The minimum atomic E-state index is -2.99. The normalized spacial score (nSPS) is 11.6. The van der Waals surface area contributed by atoms with Gasteiger partial charge < -0.3 is 15.4 Å². The molecule has 0 aliphatic heterocycles. The summed E-state index contributed by atoms with van der Waals surface area (Å²) in [7, 11) is 0. The third-order valence-electron chi connectivity index (χ3n) is 4.39. The Kier molecular flexibility index (Phi) is 6.75. The Bertz CT molecular complexity index is 1030. The van der Waals surface area contributed by atoms with Gasteiger partial charge in [0.1, 0.15) is 5.75 Å². The van der Waals surface area contributed by atoms with Gasteiger partial charge in [-0.05, 0) is 42.8 Å². The van der Waals surface area contributed by atoms with Crippen LogP contribution >= 0.6 is 0 Å². The highest BCUT2D eigenvalue weighted by atomic mass is 19.3. The maximum atomic E-state index is 12.8. The molecule has 0 heterocycles. The van der Waals surface area contributed by atoms with E-state index in [4.69, 9.17) is 0 Å². The summed E-state index contributed by atoms with van der Waals surface area (Å²) in [6, 6.07) is 21.3. The predicted octanol–water partition coefficient (Wildman–Crippen LogP) is 5.03. The number of benzene rings is 3. The largest absolute Gasteiger partial charge is 0.435 e. The molecule has 1 unspecified atom stereocenters. The molecule has 0 saturated heterocycles. The molecule has 0 radical (unpaired) electrons. The van der Waals surface area contributed by atoms with Crippen molar-refractivity contribution in [3.8, 4) is 5.75 Å². The van der Waals surface area contributed by atoms with Crippen LogP contribution in [0.4, 0.5) is 14.5 Å². The number of carbonyl (C=O) groups is 2. The van der Waals surface area contributed by atoms with Crippen molar-refractivity contribution in [2.75, 3.05) is 5.32 Å². The SMILES string of the molecule is CC(NC(=O)c1ccccc1NC(=O)c1cccc(OC(F)F)c1)c1ccccc1. The topological polar surface area (TPSA) is 67.4 Å². The Balaban J connectivity index is 1.75. The van der Waals surface area contributed by atoms with Gasteiger partial charge in [0.15, 0.2) is 0 Å². The van der Waals surface area contributed by atoms with Gasteiger partial charge in [0.05, 0.1) is 17.3 Å². The lowest BCUT2D eigenvalue weighted by Crippen LogP contribution is -2.28. The summed E-state index contributed by atoms with van der Waals surface area (Å²) >= 11 is 0. The second-order valence-corrected chi connectivity index (χ2v) is 6.51. The number of alkyl halides is 2. The lowest BCUT2D eigenvalue weighted by Gasteiger charge is -2.16. The molecule has 30 heavy (non-hydrogen) atoms. The molecule has 2 amide bonds. The smallest absolute Gasteiger partial charge is 0.387 e. The summed E-state index contributed by atoms with van der Waals surface area (Å²) < 4.78 is 29.1. The van der Waals surface area contributed by atoms with E-state index in [0.717, 1.165) is 5.56 Å². The number of anilines is 1. The average Bonchev–Trinajstić information content (AvgIpc) is 2.74.